The van der Waals surface area contributed by atoms with Crippen LogP contribution < -0.4 is 10.6 Å². The topological polar surface area (TPSA) is 122 Å². The van der Waals surface area contributed by atoms with Crippen molar-refractivity contribution < 1.29 is 14.7 Å². The summed E-state index contributed by atoms with van der Waals surface area (Å²) >= 11 is 0. The SMILES string of the molecule is Cc1ccc(NC(=O)NC(C)(C)CCC(=O)O)cc1-n1cnnn1. The molecule has 0 spiro atoms. The first-order chi connectivity index (χ1) is 11.3. The summed E-state index contributed by atoms with van der Waals surface area (Å²) in [6.07, 6.45) is 1.79. The number of rotatable bonds is 6. The fraction of sp³-hybridized carbons (Fsp3) is 0.400. The van der Waals surface area contributed by atoms with Crippen LogP contribution in [0.3, 0.4) is 0 Å². The summed E-state index contributed by atoms with van der Waals surface area (Å²) < 4.78 is 1.51. The zero-order valence-corrected chi connectivity index (χ0v) is 13.8. The molecule has 3 N–H and O–H groups in total. The molecule has 9 nitrogen and oxygen atoms in total. The van der Waals surface area contributed by atoms with Crippen molar-refractivity contribution in [1.29, 1.82) is 0 Å². The number of amides is 2. The van der Waals surface area contributed by atoms with E-state index in [4.69, 9.17) is 5.11 Å². The molecule has 0 saturated carbocycles. The lowest BCUT2D eigenvalue weighted by molar-refractivity contribution is -0.137. The van der Waals surface area contributed by atoms with Crippen LogP contribution in [0.15, 0.2) is 24.5 Å². The highest BCUT2D eigenvalue weighted by Gasteiger charge is 2.21. The van der Waals surface area contributed by atoms with Gasteiger partial charge in [0.25, 0.3) is 0 Å². The molecule has 0 fully saturated rings. The summed E-state index contributed by atoms with van der Waals surface area (Å²) in [5, 5.41) is 25.3. The number of hydrogen-bond acceptors (Lipinski definition) is 5. The average Bonchev–Trinajstić information content (AvgIpc) is 3.01. The van der Waals surface area contributed by atoms with Crippen molar-refractivity contribution in [2.24, 2.45) is 0 Å². The monoisotopic (exact) mass is 332 g/mol. The van der Waals surface area contributed by atoms with Crippen LogP contribution in [0.1, 0.15) is 32.3 Å². The summed E-state index contributed by atoms with van der Waals surface area (Å²) in [4.78, 5) is 22.8. The van der Waals surface area contributed by atoms with E-state index in [1.54, 1.807) is 26.0 Å². The Hall–Kier alpha value is -2.97. The fourth-order valence-corrected chi connectivity index (χ4v) is 2.16. The van der Waals surface area contributed by atoms with Crippen LogP contribution in [-0.2, 0) is 4.79 Å². The van der Waals surface area contributed by atoms with Crippen molar-refractivity contribution in [3.8, 4) is 5.69 Å². The number of benzene rings is 1. The van der Waals surface area contributed by atoms with Gasteiger partial charge in [-0.3, -0.25) is 4.79 Å². The summed E-state index contributed by atoms with van der Waals surface area (Å²) in [6, 6.07) is 4.97. The van der Waals surface area contributed by atoms with Gasteiger partial charge >= 0.3 is 12.0 Å². The maximum Gasteiger partial charge on any atom is 0.319 e. The van der Waals surface area contributed by atoms with Crippen molar-refractivity contribution in [3.05, 3.63) is 30.1 Å². The van der Waals surface area contributed by atoms with Gasteiger partial charge in [-0.2, -0.15) is 0 Å². The number of aliphatic carboxylic acids is 1. The van der Waals surface area contributed by atoms with Crippen LogP contribution in [0, 0.1) is 6.92 Å². The fourth-order valence-electron chi connectivity index (χ4n) is 2.16. The number of aryl methyl sites for hydroxylation is 1. The number of nitrogens with zero attached hydrogens (tertiary/aromatic N) is 4. The molecule has 2 aromatic rings. The van der Waals surface area contributed by atoms with Gasteiger partial charge in [-0.1, -0.05) is 6.07 Å². The van der Waals surface area contributed by atoms with E-state index in [0.29, 0.717) is 12.1 Å². The molecule has 1 heterocycles. The molecule has 0 atom stereocenters. The third-order valence-electron chi connectivity index (χ3n) is 3.48. The van der Waals surface area contributed by atoms with Crippen molar-refractivity contribution in [2.75, 3.05) is 5.32 Å². The zero-order chi connectivity index (χ0) is 17.7. The smallest absolute Gasteiger partial charge is 0.319 e. The normalized spacial score (nSPS) is 11.1. The van der Waals surface area contributed by atoms with Crippen molar-refractivity contribution >= 4 is 17.7 Å². The molecule has 0 aliphatic rings. The number of carboxylic acid groups (broad SMARTS) is 1. The van der Waals surface area contributed by atoms with Crippen LogP contribution >= 0.6 is 0 Å². The first-order valence-corrected chi connectivity index (χ1v) is 7.42. The number of aromatic nitrogens is 4. The second-order valence-electron chi connectivity index (χ2n) is 6.11. The molecule has 0 saturated heterocycles. The lowest BCUT2D eigenvalue weighted by Gasteiger charge is -2.25. The molecule has 1 aromatic heterocycles. The predicted octanol–water partition coefficient (Wildman–Crippen LogP) is 1.74. The van der Waals surface area contributed by atoms with Crippen LogP contribution in [0.2, 0.25) is 0 Å². The van der Waals surface area contributed by atoms with Gasteiger partial charge in [-0.25, -0.2) is 9.48 Å². The second-order valence-corrected chi connectivity index (χ2v) is 6.11. The van der Waals surface area contributed by atoms with E-state index < -0.39 is 17.5 Å². The number of nitrogens with one attached hydrogen (secondary N) is 2. The van der Waals surface area contributed by atoms with Gasteiger partial charge in [0, 0.05) is 17.6 Å². The van der Waals surface area contributed by atoms with Crippen LogP contribution in [0.4, 0.5) is 10.5 Å². The lowest BCUT2D eigenvalue weighted by Crippen LogP contribution is -2.45. The lowest BCUT2D eigenvalue weighted by atomic mass is 9.99. The number of anilines is 1. The number of urea groups is 1. The molecule has 0 aliphatic heterocycles. The largest absolute Gasteiger partial charge is 0.481 e. The Bertz CT molecular complexity index is 727. The van der Waals surface area contributed by atoms with E-state index in [0.717, 1.165) is 11.3 Å². The molecule has 0 aliphatic carbocycles. The van der Waals surface area contributed by atoms with Gasteiger partial charge in [0.2, 0.25) is 0 Å². The van der Waals surface area contributed by atoms with E-state index >= 15 is 0 Å². The maximum atomic E-state index is 12.1. The molecular formula is C15H20N6O3. The Morgan fingerprint density at radius 3 is 2.71 bits per heavy atom. The summed E-state index contributed by atoms with van der Waals surface area (Å²) in [5.41, 5.74) is 1.65. The molecular weight excluding hydrogens is 312 g/mol. The minimum atomic E-state index is -0.894. The molecule has 2 amide bonds. The van der Waals surface area contributed by atoms with Gasteiger partial charge < -0.3 is 15.7 Å². The summed E-state index contributed by atoms with van der Waals surface area (Å²) in [7, 11) is 0. The minimum Gasteiger partial charge on any atom is -0.481 e. The Balaban J connectivity index is 2.04. The van der Waals surface area contributed by atoms with Crippen molar-refractivity contribution in [3.63, 3.8) is 0 Å². The third kappa shape index (κ3) is 4.77. The first kappa shape index (κ1) is 17.4. The Kier molecular flexibility index (Phi) is 5.12. The molecule has 0 bridgehead atoms. The zero-order valence-electron chi connectivity index (χ0n) is 13.8. The minimum absolute atomic E-state index is 0.0126. The maximum absolute atomic E-state index is 12.1. The predicted molar refractivity (Wildman–Crippen MR) is 87.0 cm³/mol. The third-order valence-corrected chi connectivity index (χ3v) is 3.48. The Morgan fingerprint density at radius 1 is 1.33 bits per heavy atom. The van der Waals surface area contributed by atoms with Crippen LogP contribution in [-0.4, -0.2) is 42.9 Å². The molecule has 1 aromatic carbocycles. The number of tetrazole rings is 1. The Labute approximate surface area is 139 Å². The molecule has 0 unspecified atom stereocenters. The van der Waals surface area contributed by atoms with Gasteiger partial charge in [0.1, 0.15) is 6.33 Å². The van der Waals surface area contributed by atoms with E-state index in [9.17, 15) is 9.59 Å². The first-order valence-electron chi connectivity index (χ1n) is 7.42. The van der Waals surface area contributed by atoms with Crippen LogP contribution in [0.5, 0.6) is 0 Å². The van der Waals surface area contributed by atoms with Crippen molar-refractivity contribution in [2.45, 2.75) is 39.2 Å². The Morgan fingerprint density at radius 2 is 2.08 bits per heavy atom. The standard InChI is InChI=1S/C15H20N6O3/c1-10-4-5-11(8-12(10)21-9-16-19-20-21)17-14(24)18-15(2,3)7-6-13(22)23/h4-5,8-9H,6-7H2,1-3H3,(H,22,23)(H2,17,18,24). The molecule has 128 valence electrons. The van der Waals surface area contributed by atoms with E-state index in [-0.39, 0.29) is 6.42 Å². The summed E-state index contributed by atoms with van der Waals surface area (Å²) in [5.74, 6) is -0.894. The van der Waals surface area contributed by atoms with Gasteiger partial charge in [-0.05, 0) is 55.3 Å². The van der Waals surface area contributed by atoms with Gasteiger partial charge in [0.05, 0.1) is 5.69 Å². The van der Waals surface area contributed by atoms with E-state index in [2.05, 4.69) is 26.2 Å². The molecule has 9 heteroatoms. The van der Waals surface area contributed by atoms with Crippen molar-refractivity contribution in [1.82, 2.24) is 25.5 Å². The van der Waals surface area contributed by atoms with Gasteiger partial charge in [-0.15, -0.1) is 5.10 Å². The summed E-state index contributed by atoms with van der Waals surface area (Å²) in [6.45, 7) is 5.46. The van der Waals surface area contributed by atoms with Crippen LogP contribution in [0.25, 0.3) is 5.69 Å². The second kappa shape index (κ2) is 7.07. The quantitative estimate of drug-likeness (QED) is 0.740. The molecule has 0 radical (unpaired) electrons. The highest BCUT2D eigenvalue weighted by atomic mass is 16.4. The number of carboxylic acids is 1. The van der Waals surface area contributed by atoms with E-state index in [1.807, 2.05) is 13.0 Å². The molecule has 2 rings (SSSR count). The number of carbonyl (C=O) groups excluding carboxylic acids is 1. The number of carbonyl (C=O) groups is 2. The van der Waals surface area contributed by atoms with Gasteiger partial charge in [0.15, 0.2) is 0 Å². The highest BCUT2D eigenvalue weighted by Crippen LogP contribution is 2.19. The molecule has 24 heavy (non-hydrogen) atoms. The highest BCUT2D eigenvalue weighted by molar-refractivity contribution is 5.90. The van der Waals surface area contributed by atoms with E-state index in [1.165, 1.54) is 11.0 Å². The average molecular weight is 332 g/mol. The number of hydrogen-bond donors (Lipinski definition) is 3.